The fourth-order valence-corrected chi connectivity index (χ4v) is 0.559. The van der Waals surface area contributed by atoms with Gasteiger partial charge in [-0.1, -0.05) is 0 Å². The molecule has 0 heterocycles. The van der Waals surface area contributed by atoms with Gasteiger partial charge in [-0.15, -0.1) is 0 Å². The Kier molecular flexibility index (Phi) is 3.61. The van der Waals surface area contributed by atoms with Gasteiger partial charge in [0.2, 0.25) is 0 Å². The molecule has 0 atom stereocenters. The van der Waals surface area contributed by atoms with Gasteiger partial charge in [-0.3, -0.25) is 0 Å². The molecule has 3 heteroatoms. The SMILES string of the molecule is CCC(=O)[O][SnH]. The molecule has 0 rings (SSSR count). The first-order chi connectivity index (χ1) is 2.81. The van der Waals surface area contributed by atoms with Crippen molar-refractivity contribution in [3.63, 3.8) is 0 Å². The van der Waals surface area contributed by atoms with Crippen LogP contribution in [0.1, 0.15) is 13.3 Å². The van der Waals surface area contributed by atoms with E-state index in [2.05, 4.69) is 3.07 Å². The van der Waals surface area contributed by atoms with E-state index < -0.39 is 0 Å². The summed E-state index contributed by atoms with van der Waals surface area (Å²) in [4.78, 5) is 9.99. The molecule has 0 unspecified atom stereocenters. The molecule has 0 aliphatic carbocycles. The van der Waals surface area contributed by atoms with Crippen LogP contribution in [0.25, 0.3) is 0 Å². The van der Waals surface area contributed by atoms with Crippen LogP contribution in [-0.2, 0) is 7.87 Å². The molecule has 2 radical (unpaired) electrons. The Balaban J connectivity index is 2.99. The summed E-state index contributed by atoms with van der Waals surface area (Å²) in [6, 6.07) is 0. The Hall–Kier alpha value is 0.269. The van der Waals surface area contributed by atoms with E-state index in [0.717, 1.165) is 0 Å². The van der Waals surface area contributed by atoms with Crippen LogP contribution in [0.5, 0.6) is 0 Å². The van der Waals surface area contributed by atoms with E-state index in [-0.39, 0.29) is 5.97 Å². The van der Waals surface area contributed by atoms with Crippen molar-refractivity contribution >= 4 is 28.9 Å². The third-order valence-corrected chi connectivity index (χ3v) is 1.17. The first kappa shape index (κ1) is 6.27. The van der Waals surface area contributed by atoms with Crippen molar-refractivity contribution in [1.82, 2.24) is 0 Å². The van der Waals surface area contributed by atoms with Crippen LogP contribution in [0.2, 0.25) is 0 Å². The van der Waals surface area contributed by atoms with E-state index in [4.69, 9.17) is 0 Å². The van der Waals surface area contributed by atoms with Crippen molar-refractivity contribution in [2.24, 2.45) is 0 Å². The molecule has 0 bridgehead atoms. The first-order valence-corrected chi connectivity index (χ1v) is 3.05. The van der Waals surface area contributed by atoms with Crippen LogP contribution in [0, 0.1) is 0 Å². The zero-order valence-corrected chi connectivity index (χ0v) is 6.90. The maximum absolute atomic E-state index is 9.99. The van der Waals surface area contributed by atoms with Crippen molar-refractivity contribution in [1.29, 1.82) is 0 Å². The Morgan fingerprint density at radius 3 is 2.50 bits per heavy atom. The van der Waals surface area contributed by atoms with Gasteiger partial charge in [0.25, 0.3) is 0 Å². The molecule has 0 aromatic heterocycles. The summed E-state index contributed by atoms with van der Waals surface area (Å²) >= 11 is 0.587. The molecular weight excluding hydrogens is 187 g/mol. The van der Waals surface area contributed by atoms with Crippen LogP contribution < -0.4 is 0 Å². The van der Waals surface area contributed by atoms with Crippen LogP contribution in [0.3, 0.4) is 0 Å². The quantitative estimate of drug-likeness (QED) is 0.536. The van der Waals surface area contributed by atoms with Crippen LogP contribution in [0.4, 0.5) is 0 Å². The van der Waals surface area contributed by atoms with Gasteiger partial charge in [-0.2, -0.15) is 0 Å². The van der Waals surface area contributed by atoms with Gasteiger partial charge in [-0.25, -0.2) is 0 Å². The molecule has 0 N–H and O–H groups in total. The maximum atomic E-state index is 9.99. The molecule has 0 aromatic carbocycles. The molecular formula is C3H6O2Sn. The second-order valence-electron chi connectivity index (χ2n) is 0.843. The van der Waals surface area contributed by atoms with E-state index in [9.17, 15) is 4.79 Å². The molecule has 0 spiro atoms. The van der Waals surface area contributed by atoms with Gasteiger partial charge < -0.3 is 0 Å². The summed E-state index contributed by atoms with van der Waals surface area (Å²) in [5.74, 6) is -0.0996. The van der Waals surface area contributed by atoms with Gasteiger partial charge in [0.1, 0.15) is 0 Å². The topological polar surface area (TPSA) is 26.3 Å². The molecule has 34 valence electrons. The van der Waals surface area contributed by atoms with E-state index in [0.29, 0.717) is 29.4 Å². The molecule has 6 heavy (non-hydrogen) atoms. The summed E-state index contributed by atoms with van der Waals surface area (Å²) < 4.78 is 4.39. The van der Waals surface area contributed by atoms with Gasteiger partial charge in [-0.05, 0) is 0 Å². The standard InChI is InChI=1S/C3H6O2.Sn.H/c1-2-3(4)5;;/h2H2,1H3,(H,4,5);;/q;+1;/p-1. The summed E-state index contributed by atoms with van der Waals surface area (Å²) in [7, 11) is 0. The van der Waals surface area contributed by atoms with Gasteiger partial charge in [0, 0.05) is 0 Å². The van der Waals surface area contributed by atoms with Gasteiger partial charge >= 0.3 is 50.1 Å². The minimum atomic E-state index is -0.0996. The number of hydrogen-bond donors (Lipinski definition) is 0. The average molecular weight is 193 g/mol. The average Bonchev–Trinajstić information content (AvgIpc) is 1.65. The third kappa shape index (κ3) is 2.50. The zero-order valence-electron chi connectivity index (χ0n) is 3.60. The van der Waals surface area contributed by atoms with Gasteiger partial charge in [0.15, 0.2) is 0 Å². The van der Waals surface area contributed by atoms with Crippen LogP contribution >= 0.6 is 0 Å². The Morgan fingerprint density at radius 2 is 2.50 bits per heavy atom. The van der Waals surface area contributed by atoms with Crippen molar-refractivity contribution in [3.8, 4) is 0 Å². The second kappa shape index (κ2) is 3.46. The first-order valence-electron chi connectivity index (χ1n) is 1.70. The number of rotatable bonds is 1. The summed E-state index contributed by atoms with van der Waals surface area (Å²) in [5.41, 5.74) is 0. The molecule has 0 fully saturated rings. The third-order valence-electron chi connectivity index (χ3n) is 0.420. The Bertz CT molecular complexity index is 46.8. The summed E-state index contributed by atoms with van der Waals surface area (Å²) in [6.07, 6.45) is 0.501. The number of carbonyl (C=O) groups is 1. The van der Waals surface area contributed by atoms with E-state index in [1.807, 2.05) is 0 Å². The number of hydrogen-bond acceptors (Lipinski definition) is 2. The van der Waals surface area contributed by atoms with Crippen LogP contribution in [-0.4, -0.2) is 28.9 Å². The predicted molar refractivity (Wildman–Crippen MR) is 23.5 cm³/mol. The fraction of sp³-hybridized carbons (Fsp3) is 0.667. The van der Waals surface area contributed by atoms with E-state index >= 15 is 0 Å². The number of carbonyl (C=O) groups excluding carboxylic acids is 1. The van der Waals surface area contributed by atoms with Crippen LogP contribution in [0.15, 0.2) is 0 Å². The van der Waals surface area contributed by atoms with Gasteiger partial charge in [0.05, 0.1) is 0 Å². The zero-order chi connectivity index (χ0) is 4.99. The van der Waals surface area contributed by atoms with Crippen molar-refractivity contribution in [2.45, 2.75) is 13.3 Å². The monoisotopic (exact) mass is 194 g/mol. The Morgan fingerprint density at radius 1 is 2.00 bits per heavy atom. The van der Waals surface area contributed by atoms with E-state index in [1.54, 1.807) is 6.92 Å². The molecule has 0 aromatic rings. The Labute approximate surface area is 50.5 Å². The normalized spacial score (nSPS) is 7.67. The minimum absolute atomic E-state index is 0.0996. The molecule has 0 aliphatic heterocycles. The van der Waals surface area contributed by atoms with Crippen molar-refractivity contribution in [2.75, 3.05) is 0 Å². The fourth-order valence-electron chi connectivity index (χ4n) is 0.0833. The van der Waals surface area contributed by atoms with E-state index in [1.165, 1.54) is 0 Å². The van der Waals surface area contributed by atoms with Crippen molar-refractivity contribution in [3.05, 3.63) is 0 Å². The second-order valence-corrected chi connectivity index (χ2v) is 1.52. The van der Waals surface area contributed by atoms with Crippen molar-refractivity contribution < 1.29 is 7.87 Å². The molecule has 0 amide bonds. The molecule has 0 saturated carbocycles. The molecule has 0 saturated heterocycles. The summed E-state index contributed by atoms with van der Waals surface area (Å²) in [6.45, 7) is 1.78. The summed E-state index contributed by atoms with van der Waals surface area (Å²) in [5, 5.41) is 0. The molecule has 0 aliphatic rings. The predicted octanol–water partition coefficient (Wildman–Crippen LogP) is -0.245. The molecule has 2 nitrogen and oxygen atoms in total.